The number of fused-ring (bicyclic) bond motifs is 4. The number of carbonyl (C=O) groups is 2. The van der Waals surface area contributed by atoms with Crippen molar-refractivity contribution in [3.05, 3.63) is 87.9 Å². The van der Waals surface area contributed by atoms with Crippen LogP contribution in [0, 0.1) is 17.6 Å². The molecule has 0 radical (unpaired) electrons. The van der Waals surface area contributed by atoms with Crippen molar-refractivity contribution < 1.29 is 23.5 Å². The molecule has 4 rings (SSSR count). The monoisotopic (exact) mass is 441 g/mol. The molecule has 2 aliphatic heterocycles. The Morgan fingerprint density at radius 1 is 1.31 bits per heavy atom. The van der Waals surface area contributed by atoms with Crippen LogP contribution in [0.25, 0.3) is 0 Å². The van der Waals surface area contributed by atoms with Crippen LogP contribution < -0.4 is 10.7 Å². The van der Waals surface area contributed by atoms with E-state index in [4.69, 9.17) is 0 Å². The summed E-state index contributed by atoms with van der Waals surface area (Å²) >= 11 is 0. The first-order valence-electron chi connectivity index (χ1n) is 10.0. The Hall–Kier alpha value is -3.75. The Morgan fingerprint density at radius 2 is 2.06 bits per heavy atom. The number of aromatic hydroxyl groups is 1. The molecule has 0 saturated heterocycles. The van der Waals surface area contributed by atoms with E-state index in [1.165, 1.54) is 16.8 Å². The third kappa shape index (κ3) is 3.49. The Bertz CT molecular complexity index is 1220. The molecule has 0 fully saturated rings. The van der Waals surface area contributed by atoms with Gasteiger partial charge in [-0.25, -0.2) is 8.78 Å². The van der Waals surface area contributed by atoms with E-state index >= 15 is 0 Å². The molecule has 0 unspecified atom stereocenters. The highest BCUT2D eigenvalue weighted by atomic mass is 19.1. The van der Waals surface area contributed by atoms with Crippen molar-refractivity contribution in [2.24, 2.45) is 5.92 Å². The van der Waals surface area contributed by atoms with E-state index in [-0.39, 0.29) is 41.4 Å². The minimum Gasteiger partial charge on any atom is -0.503 e. The highest BCUT2D eigenvalue weighted by molar-refractivity contribution is 5.99. The summed E-state index contributed by atoms with van der Waals surface area (Å²) in [4.78, 5) is 40.0. The van der Waals surface area contributed by atoms with E-state index < -0.39 is 34.6 Å². The van der Waals surface area contributed by atoms with Crippen molar-refractivity contribution >= 4 is 11.8 Å². The van der Waals surface area contributed by atoms with Crippen LogP contribution in [-0.4, -0.2) is 39.0 Å². The molecule has 3 atom stereocenters. The van der Waals surface area contributed by atoms with Gasteiger partial charge < -0.3 is 19.9 Å². The van der Waals surface area contributed by atoms with Crippen LogP contribution in [0.1, 0.15) is 39.4 Å². The molecular weight excluding hydrogens is 420 g/mol. The molecule has 0 spiro atoms. The summed E-state index contributed by atoms with van der Waals surface area (Å²) in [5.41, 5.74) is -1.55. The summed E-state index contributed by atoms with van der Waals surface area (Å²) in [6.07, 6.45) is 6.70. The summed E-state index contributed by atoms with van der Waals surface area (Å²) in [5, 5.41) is 13.0. The average molecular weight is 441 g/mol. The zero-order valence-electron chi connectivity index (χ0n) is 17.2. The molecule has 0 saturated carbocycles. The molecule has 0 aliphatic carbocycles. The molecule has 166 valence electrons. The number of hydrogen-bond donors (Lipinski definition) is 2. The lowest BCUT2D eigenvalue weighted by molar-refractivity contribution is 0.0617. The van der Waals surface area contributed by atoms with Crippen molar-refractivity contribution in [2.45, 2.75) is 25.6 Å². The molecule has 2 amide bonds. The van der Waals surface area contributed by atoms with Gasteiger partial charge in [0.05, 0.1) is 6.04 Å². The highest BCUT2D eigenvalue weighted by Gasteiger charge is 2.40. The number of allylic oxidation sites excluding steroid dienone is 2. The third-order valence-electron chi connectivity index (χ3n) is 5.93. The number of halogens is 2. The highest BCUT2D eigenvalue weighted by Crippen LogP contribution is 2.35. The molecular formula is C23H21F2N3O4. The molecule has 7 nitrogen and oxygen atoms in total. The van der Waals surface area contributed by atoms with Gasteiger partial charge in [-0.2, -0.15) is 0 Å². The lowest BCUT2D eigenvalue weighted by Gasteiger charge is -2.38. The number of benzene rings is 1. The van der Waals surface area contributed by atoms with E-state index in [0.29, 0.717) is 12.6 Å². The maximum absolute atomic E-state index is 13.9. The smallest absolute Gasteiger partial charge is 0.275 e. The molecule has 1 aromatic heterocycles. The predicted molar refractivity (Wildman–Crippen MR) is 112 cm³/mol. The molecule has 3 heterocycles. The molecule has 2 aromatic rings. The van der Waals surface area contributed by atoms with Crippen LogP contribution in [0.2, 0.25) is 0 Å². The lowest BCUT2D eigenvalue weighted by Crippen LogP contribution is -2.48. The fourth-order valence-corrected chi connectivity index (χ4v) is 4.11. The first-order valence-corrected chi connectivity index (χ1v) is 10.0. The molecule has 32 heavy (non-hydrogen) atoms. The summed E-state index contributed by atoms with van der Waals surface area (Å²) < 4.78 is 28.4. The van der Waals surface area contributed by atoms with Gasteiger partial charge in [-0.05, 0) is 13.0 Å². The van der Waals surface area contributed by atoms with E-state index in [0.717, 1.165) is 6.07 Å². The number of amides is 2. The zero-order chi connectivity index (χ0) is 23.2. The summed E-state index contributed by atoms with van der Waals surface area (Å²) in [5.74, 6) is -3.99. The average Bonchev–Trinajstić information content (AvgIpc) is 2.90. The number of rotatable bonds is 4. The van der Waals surface area contributed by atoms with E-state index in [1.54, 1.807) is 11.0 Å². The largest absolute Gasteiger partial charge is 0.503 e. The maximum Gasteiger partial charge on any atom is 0.275 e. The third-order valence-corrected chi connectivity index (χ3v) is 5.93. The Balaban J connectivity index is 1.72. The van der Waals surface area contributed by atoms with Crippen LogP contribution >= 0.6 is 0 Å². The van der Waals surface area contributed by atoms with Gasteiger partial charge in [-0.15, -0.1) is 6.58 Å². The van der Waals surface area contributed by atoms with Gasteiger partial charge in [0.25, 0.3) is 11.8 Å². The number of hydrogen-bond acceptors (Lipinski definition) is 4. The van der Waals surface area contributed by atoms with Crippen LogP contribution in [0.15, 0.2) is 54.0 Å². The number of nitrogens with zero attached hydrogens (tertiary/aromatic N) is 2. The number of nitrogens with one attached hydrogen (secondary N) is 1. The molecule has 2 bridgehead atoms. The molecule has 9 heteroatoms. The van der Waals surface area contributed by atoms with Gasteiger partial charge >= 0.3 is 0 Å². The first-order chi connectivity index (χ1) is 15.2. The van der Waals surface area contributed by atoms with Crippen LogP contribution in [-0.2, 0) is 6.54 Å². The van der Waals surface area contributed by atoms with Gasteiger partial charge in [-0.3, -0.25) is 14.4 Å². The van der Waals surface area contributed by atoms with Crippen LogP contribution in [0.3, 0.4) is 0 Å². The van der Waals surface area contributed by atoms with Crippen molar-refractivity contribution in [1.82, 2.24) is 14.8 Å². The second-order valence-electron chi connectivity index (χ2n) is 7.86. The molecule has 2 N–H and O–H groups in total. The van der Waals surface area contributed by atoms with Gasteiger partial charge in [0.1, 0.15) is 17.2 Å². The Labute approximate surface area is 182 Å². The number of carbonyl (C=O) groups excluding carboxylic acids is 2. The Morgan fingerprint density at radius 3 is 2.75 bits per heavy atom. The second kappa shape index (κ2) is 8.07. The predicted octanol–water partition coefficient (Wildman–Crippen LogP) is 2.52. The zero-order valence-corrected chi connectivity index (χ0v) is 17.2. The topological polar surface area (TPSA) is 91.6 Å². The van der Waals surface area contributed by atoms with Gasteiger partial charge in [0.15, 0.2) is 11.4 Å². The van der Waals surface area contributed by atoms with E-state index in [1.807, 2.05) is 19.1 Å². The number of aromatic nitrogens is 1. The number of pyridine rings is 1. The SMILES string of the molecule is C=C[C@H]1C=C[C@H](C)N2C[C@H]1n1cc(C(=O)NCc3ccc(F)cc3F)c(=O)c(O)c1C2=O. The fourth-order valence-electron chi connectivity index (χ4n) is 4.11. The maximum atomic E-state index is 13.9. The first kappa shape index (κ1) is 21.5. The van der Waals surface area contributed by atoms with E-state index in [2.05, 4.69) is 11.9 Å². The van der Waals surface area contributed by atoms with E-state index in [9.17, 15) is 28.3 Å². The molecule has 2 aliphatic rings. The van der Waals surface area contributed by atoms with Gasteiger partial charge in [0.2, 0.25) is 5.43 Å². The minimum atomic E-state index is -1.00. The van der Waals surface area contributed by atoms with Crippen LogP contribution in [0.4, 0.5) is 8.78 Å². The van der Waals surface area contributed by atoms with Crippen molar-refractivity contribution in [2.75, 3.05) is 6.54 Å². The molecule has 1 aromatic carbocycles. The van der Waals surface area contributed by atoms with Crippen LogP contribution in [0.5, 0.6) is 5.75 Å². The summed E-state index contributed by atoms with van der Waals surface area (Å²) in [6, 6.07) is 2.30. The second-order valence-corrected chi connectivity index (χ2v) is 7.86. The summed E-state index contributed by atoms with van der Waals surface area (Å²) in [7, 11) is 0. The Kier molecular flexibility index (Phi) is 5.41. The minimum absolute atomic E-state index is 0.0301. The van der Waals surface area contributed by atoms with Crippen molar-refractivity contribution in [3.8, 4) is 5.75 Å². The quantitative estimate of drug-likeness (QED) is 0.714. The normalized spacial score (nSPS) is 21.7. The van der Waals surface area contributed by atoms with Crippen molar-refractivity contribution in [3.63, 3.8) is 0 Å². The summed E-state index contributed by atoms with van der Waals surface area (Å²) in [6.45, 7) is 5.68. The fraction of sp³-hybridized carbons (Fsp3) is 0.261. The van der Waals surface area contributed by atoms with Gasteiger partial charge in [-0.1, -0.05) is 24.3 Å². The van der Waals surface area contributed by atoms with Gasteiger partial charge in [0, 0.05) is 42.9 Å². The lowest BCUT2D eigenvalue weighted by atomic mass is 9.96. The standard InChI is InChI=1S/C23H21F2N3O4/c1-3-13-5-4-12(2)27-11-18(13)28-10-16(20(29)21(30)19(28)23(27)32)22(31)26-9-14-6-7-15(24)8-17(14)25/h3-8,10,12-13,18,30H,1,9,11H2,2H3,(H,26,31)/t12-,13-,18+/m0/s1. The van der Waals surface area contributed by atoms with Crippen molar-refractivity contribution in [1.29, 1.82) is 0 Å².